The number of benzene rings is 2. The first-order chi connectivity index (χ1) is 11.7. The number of hydrazone groups is 1. The first kappa shape index (κ1) is 15.8. The minimum absolute atomic E-state index is 0.250. The van der Waals surface area contributed by atoms with Crippen LogP contribution in [0.2, 0.25) is 5.02 Å². The summed E-state index contributed by atoms with van der Waals surface area (Å²) in [5.41, 5.74) is 4.59. The minimum Gasteiger partial charge on any atom is -0.333 e. The predicted octanol–water partition coefficient (Wildman–Crippen LogP) is 3.58. The Kier molecular flexibility index (Phi) is 4.59. The number of carbonyl (C=O) groups excluding carboxylic acids is 1. The number of rotatable bonds is 4. The number of nitrogens with one attached hydrogen (secondary N) is 1. The molecule has 118 valence electrons. The average Bonchev–Trinajstić information content (AvgIpc) is 2.94. The molecule has 0 aliphatic rings. The summed E-state index contributed by atoms with van der Waals surface area (Å²) >= 11 is 5.98. The van der Waals surface area contributed by atoms with Gasteiger partial charge in [-0.05, 0) is 18.2 Å². The molecule has 0 radical (unpaired) electrons. The van der Waals surface area contributed by atoms with E-state index in [1.807, 2.05) is 35.0 Å². The van der Waals surface area contributed by atoms with Gasteiger partial charge in [0.2, 0.25) is 0 Å². The van der Waals surface area contributed by atoms with Crippen LogP contribution >= 0.6 is 11.6 Å². The number of nitriles is 1. The molecular formula is C18H13ClN4O. The van der Waals surface area contributed by atoms with Crippen molar-refractivity contribution in [3.05, 3.63) is 70.9 Å². The number of amides is 1. The van der Waals surface area contributed by atoms with Crippen LogP contribution in [-0.2, 0) is 6.54 Å². The Morgan fingerprint density at radius 3 is 2.79 bits per heavy atom. The second-order valence-corrected chi connectivity index (χ2v) is 5.47. The Labute approximate surface area is 143 Å². The van der Waals surface area contributed by atoms with Gasteiger partial charge in [0, 0.05) is 22.7 Å². The fourth-order valence-electron chi connectivity index (χ4n) is 2.45. The number of nitrogens with zero attached hydrogens (tertiary/aromatic N) is 3. The molecule has 0 atom stereocenters. The highest BCUT2D eigenvalue weighted by Gasteiger charge is 2.09. The van der Waals surface area contributed by atoms with Crippen molar-refractivity contribution in [2.24, 2.45) is 5.10 Å². The lowest BCUT2D eigenvalue weighted by atomic mass is 10.2. The maximum atomic E-state index is 12.1. The normalized spacial score (nSPS) is 10.8. The summed E-state index contributed by atoms with van der Waals surface area (Å²) in [5.74, 6) is -0.377. The van der Waals surface area contributed by atoms with E-state index < -0.39 is 0 Å². The van der Waals surface area contributed by atoms with Gasteiger partial charge in [-0.25, -0.2) is 5.43 Å². The number of hydrogen-bond donors (Lipinski definition) is 1. The molecule has 0 fully saturated rings. The third kappa shape index (κ3) is 3.14. The zero-order valence-electron chi connectivity index (χ0n) is 12.6. The number of hydrogen-bond acceptors (Lipinski definition) is 3. The van der Waals surface area contributed by atoms with Crippen LogP contribution in [0, 0.1) is 11.3 Å². The van der Waals surface area contributed by atoms with Crippen molar-refractivity contribution < 1.29 is 4.79 Å². The second-order valence-electron chi connectivity index (χ2n) is 5.07. The van der Waals surface area contributed by atoms with Gasteiger partial charge in [0.05, 0.1) is 22.9 Å². The Morgan fingerprint density at radius 2 is 2.00 bits per heavy atom. The smallest absolute Gasteiger partial charge is 0.272 e. The topological polar surface area (TPSA) is 70.2 Å². The van der Waals surface area contributed by atoms with Crippen LogP contribution in [0.15, 0.2) is 59.8 Å². The van der Waals surface area contributed by atoms with Crippen LogP contribution in [0.5, 0.6) is 0 Å². The van der Waals surface area contributed by atoms with E-state index in [-0.39, 0.29) is 12.5 Å². The van der Waals surface area contributed by atoms with Gasteiger partial charge in [0.15, 0.2) is 0 Å². The molecule has 0 aliphatic carbocycles. The van der Waals surface area contributed by atoms with Crippen molar-refractivity contribution in [3.63, 3.8) is 0 Å². The molecule has 1 N–H and O–H groups in total. The lowest BCUT2D eigenvalue weighted by Crippen LogP contribution is -2.17. The van der Waals surface area contributed by atoms with E-state index in [0.29, 0.717) is 10.6 Å². The van der Waals surface area contributed by atoms with E-state index in [9.17, 15) is 4.79 Å². The van der Waals surface area contributed by atoms with Gasteiger partial charge in [-0.1, -0.05) is 41.9 Å². The number of halogens is 1. The van der Waals surface area contributed by atoms with E-state index in [1.165, 1.54) is 0 Å². The Balaban J connectivity index is 1.83. The summed E-state index contributed by atoms with van der Waals surface area (Å²) < 4.78 is 1.84. The molecule has 5 nitrogen and oxygen atoms in total. The quantitative estimate of drug-likeness (QED) is 0.584. The molecule has 24 heavy (non-hydrogen) atoms. The highest BCUT2D eigenvalue weighted by Crippen LogP contribution is 2.20. The van der Waals surface area contributed by atoms with Crippen molar-refractivity contribution in [2.75, 3.05) is 0 Å². The third-order valence-electron chi connectivity index (χ3n) is 3.55. The van der Waals surface area contributed by atoms with Crippen molar-refractivity contribution in [2.45, 2.75) is 6.54 Å². The standard InChI is InChI=1S/C18H13ClN4O/c19-16-7-3-1-6-15(16)18(24)22-21-11-13-12-23(10-9-20)17-8-4-2-5-14(13)17/h1-8,11-12H,10H2,(H,22,24)/b21-11-. The van der Waals surface area contributed by atoms with Gasteiger partial charge in [0.25, 0.3) is 5.91 Å². The minimum atomic E-state index is -0.377. The molecule has 0 saturated heterocycles. The summed E-state index contributed by atoms with van der Waals surface area (Å²) in [6.45, 7) is 0.250. The maximum Gasteiger partial charge on any atom is 0.272 e. The van der Waals surface area contributed by atoms with Gasteiger partial charge in [0.1, 0.15) is 6.54 Å². The van der Waals surface area contributed by atoms with Crippen molar-refractivity contribution >= 4 is 34.6 Å². The predicted molar refractivity (Wildman–Crippen MR) is 94.1 cm³/mol. The highest BCUT2D eigenvalue weighted by atomic mass is 35.5. The fraction of sp³-hybridized carbons (Fsp3) is 0.0556. The van der Waals surface area contributed by atoms with E-state index in [0.717, 1.165) is 16.5 Å². The monoisotopic (exact) mass is 336 g/mol. The Hall–Kier alpha value is -3.10. The molecule has 2 aromatic carbocycles. The van der Waals surface area contributed by atoms with Crippen molar-refractivity contribution in [3.8, 4) is 6.07 Å². The van der Waals surface area contributed by atoms with Crippen LogP contribution in [0.4, 0.5) is 0 Å². The summed E-state index contributed by atoms with van der Waals surface area (Å²) in [7, 11) is 0. The molecule has 6 heteroatoms. The molecule has 0 unspecified atom stereocenters. The van der Waals surface area contributed by atoms with Crippen molar-refractivity contribution in [1.82, 2.24) is 9.99 Å². The number of para-hydroxylation sites is 1. The Bertz CT molecular complexity index is 969. The van der Waals surface area contributed by atoms with Gasteiger partial charge < -0.3 is 4.57 Å². The molecule has 0 spiro atoms. The molecule has 3 rings (SSSR count). The molecule has 0 aliphatic heterocycles. The zero-order valence-corrected chi connectivity index (χ0v) is 13.4. The molecule has 1 amide bonds. The van der Waals surface area contributed by atoms with E-state index in [4.69, 9.17) is 16.9 Å². The van der Waals surface area contributed by atoms with Crippen LogP contribution in [0.25, 0.3) is 10.9 Å². The highest BCUT2D eigenvalue weighted by molar-refractivity contribution is 6.33. The van der Waals surface area contributed by atoms with Gasteiger partial charge in [-0.3, -0.25) is 4.79 Å². The van der Waals surface area contributed by atoms with E-state index in [2.05, 4.69) is 16.6 Å². The lowest BCUT2D eigenvalue weighted by molar-refractivity contribution is 0.0955. The van der Waals surface area contributed by atoms with Gasteiger partial charge in [-0.2, -0.15) is 10.4 Å². The summed E-state index contributed by atoms with van der Waals surface area (Å²) in [4.78, 5) is 12.1. The number of fused-ring (bicyclic) bond motifs is 1. The second kappa shape index (κ2) is 6.99. The molecular weight excluding hydrogens is 324 g/mol. The van der Waals surface area contributed by atoms with Crippen LogP contribution in [0.3, 0.4) is 0 Å². The molecule has 1 aromatic heterocycles. The first-order valence-electron chi connectivity index (χ1n) is 7.23. The van der Waals surface area contributed by atoms with E-state index >= 15 is 0 Å². The van der Waals surface area contributed by atoms with Crippen LogP contribution in [0.1, 0.15) is 15.9 Å². The lowest BCUT2D eigenvalue weighted by Gasteiger charge is -2.01. The summed E-state index contributed by atoms with van der Waals surface area (Å²) in [6.07, 6.45) is 3.39. The summed E-state index contributed by atoms with van der Waals surface area (Å²) in [5, 5.41) is 14.3. The van der Waals surface area contributed by atoms with Crippen LogP contribution < -0.4 is 5.43 Å². The van der Waals surface area contributed by atoms with Gasteiger partial charge in [-0.15, -0.1) is 0 Å². The molecule has 0 bridgehead atoms. The maximum absolute atomic E-state index is 12.1. The SMILES string of the molecule is N#CCn1cc(/C=N\NC(=O)c2ccccc2Cl)c2ccccc21. The van der Waals surface area contributed by atoms with Crippen molar-refractivity contribution in [1.29, 1.82) is 5.26 Å². The number of carbonyl (C=O) groups is 1. The Morgan fingerprint density at radius 1 is 1.25 bits per heavy atom. The third-order valence-corrected chi connectivity index (χ3v) is 3.88. The largest absolute Gasteiger partial charge is 0.333 e. The molecule has 1 heterocycles. The van der Waals surface area contributed by atoms with E-state index in [1.54, 1.807) is 30.5 Å². The average molecular weight is 337 g/mol. The fourth-order valence-corrected chi connectivity index (χ4v) is 2.67. The first-order valence-corrected chi connectivity index (χ1v) is 7.61. The summed E-state index contributed by atoms with van der Waals surface area (Å²) in [6, 6.07) is 16.6. The van der Waals surface area contributed by atoms with Crippen LogP contribution in [-0.4, -0.2) is 16.7 Å². The van der Waals surface area contributed by atoms with Gasteiger partial charge >= 0.3 is 0 Å². The zero-order chi connectivity index (χ0) is 16.9. The number of aromatic nitrogens is 1. The molecule has 3 aromatic rings. The molecule has 0 saturated carbocycles.